The molecule has 2 aromatic heterocycles. The second kappa shape index (κ2) is 6.81. The summed E-state index contributed by atoms with van der Waals surface area (Å²) < 4.78 is 1.76. The number of aryl methyl sites for hydroxylation is 1. The molecular formula is C23H18ClN5O2. The number of nitrogens with one attached hydrogen (secondary N) is 1. The van der Waals surface area contributed by atoms with E-state index in [2.05, 4.69) is 20.3 Å². The summed E-state index contributed by atoms with van der Waals surface area (Å²) >= 11 is 6.75. The van der Waals surface area contributed by atoms with Crippen molar-refractivity contribution in [3.63, 3.8) is 0 Å². The van der Waals surface area contributed by atoms with Gasteiger partial charge in [0.25, 0.3) is 0 Å². The number of halogens is 1. The van der Waals surface area contributed by atoms with E-state index < -0.39 is 5.91 Å². The first-order chi connectivity index (χ1) is 15.1. The lowest BCUT2D eigenvalue weighted by molar-refractivity contribution is 0.0850. The second-order valence-corrected chi connectivity index (χ2v) is 7.96. The van der Waals surface area contributed by atoms with E-state index in [1.807, 2.05) is 73.9 Å². The Balaban J connectivity index is 1.45. The van der Waals surface area contributed by atoms with Crippen LogP contribution in [-0.4, -0.2) is 14.8 Å². The Bertz CT molecular complexity index is 1300. The third-order valence-corrected chi connectivity index (χ3v) is 5.90. The van der Waals surface area contributed by atoms with Crippen molar-refractivity contribution in [3.8, 4) is 11.3 Å². The lowest BCUT2D eigenvalue weighted by atomic mass is 10.1. The molecule has 7 nitrogen and oxygen atoms in total. The van der Waals surface area contributed by atoms with Crippen LogP contribution in [0.25, 0.3) is 11.3 Å². The zero-order valence-corrected chi connectivity index (χ0v) is 17.4. The van der Waals surface area contributed by atoms with Crippen LogP contribution in [0.1, 0.15) is 11.1 Å². The maximum absolute atomic E-state index is 6.75. The van der Waals surface area contributed by atoms with Gasteiger partial charge >= 0.3 is 5.91 Å². The molecule has 2 aliphatic heterocycles. The summed E-state index contributed by atoms with van der Waals surface area (Å²) in [5.74, 6) is -0.306. The molecule has 0 bridgehead atoms. The Morgan fingerprint density at radius 2 is 1.94 bits per heavy atom. The van der Waals surface area contributed by atoms with Crippen LogP contribution in [0.5, 0.6) is 0 Å². The van der Waals surface area contributed by atoms with E-state index in [9.17, 15) is 0 Å². The highest BCUT2D eigenvalue weighted by atomic mass is 35.5. The Kier molecular flexibility index (Phi) is 4.04. The summed E-state index contributed by atoms with van der Waals surface area (Å²) in [5.41, 5.74) is 5.39. The lowest BCUT2D eigenvalue weighted by Crippen LogP contribution is -2.36. The lowest BCUT2D eigenvalue weighted by Gasteiger charge is -2.28. The molecule has 8 heteroatoms. The molecule has 0 aliphatic carbocycles. The van der Waals surface area contributed by atoms with Gasteiger partial charge in [0, 0.05) is 30.6 Å². The number of rotatable bonds is 3. The fraction of sp³-hybridized carbons (Fsp3) is 0.130. The molecule has 4 aromatic rings. The number of anilines is 3. The SMILES string of the molecule is Cn1ccc(-c2ccc(C3(N4Cc5cccnc5Nc5ccccc54)OO3)c(Cl)c2)n1. The number of para-hydroxylation sites is 2. The number of hydrogen-bond acceptors (Lipinski definition) is 6. The van der Waals surface area contributed by atoms with E-state index in [0.717, 1.165) is 39.6 Å². The van der Waals surface area contributed by atoms with Gasteiger partial charge in [-0.2, -0.15) is 14.9 Å². The molecule has 0 spiro atoms. The van der Waals surface area contributed by atoms with E-state index in [1.54, 1.807) is 10.9 Å². The van der Waals surface area contributed by atoms with Crippen LogP contribution in [0.3, 0.4) is 0 Å². The van der Waals surface area contributed by atoms with Crippen molar-refractivity contribution >= 4 is 28.8 Å². The molecule has 2 aliphatic rings. The normalized spacial score (nSPS) is 16.1. The number of aromatic nitrogens is 3. The highest BCUT2D eigenvalue weighted by Crippen LogP contribution is 2.52. The van der Waals surface area contributed by atoms with Gasteiger partial charge in [-0.1, -0.05) is 35.9 Å². The predicted molar refractivity (Wildman–Crippen MR) is 118 cm³/mol. The summed E-state index contributed by atoms with van der Waals surface area (Å²) in [6, 6.07) is 19.7. The van der Waals surface area contributed by atoms with Gasteiger partial charge in [0.1, 0.15) is 5.82 Å². The maximum atomic E-state index is 6.75. The van der Waals surface area contributed by atoms with Crippen molar-refractivity contribution in [1.29, 1.82) is 0 Å². The van der Waals surface area contributed by atoms with Gasteiger partial charge in [0.15, 0.2) is 0 Å². The molecule has 31 heavy (non-hydrogen) atoms. The van der Waals surface area contributed by atoms with E-state index in [1.165, 1.54) is 0 Å². The molecule has 1 N–H and O–H groups in total. The highest BCUT2D eigenvalue weighted by molar-refractivity contribution is 6.31. The van der Waals surface area contributed by atoms with Gasteiger partial charge in [-0.15, -0.1) is 0 Å². The third kappa shape index (κ3) is 2.97. The topological polar surface area (TPSA) is 71.0 Å². The average molecular weight is 432 g/mol. The summed E-state index contributed by atoms with van der Waals surface area (Å²) in [5, 5.41) is 8.42. The van der Waals surface area contributed by atoms with Crippen LogP contribution in [0.4, 0.5) is 17.2 Å². The summed E-state index contributed by atoms with van der Waals surface area (Å²) in [6.07, 6.45) is 3.68. The molecule has 4 heterocycles. The molecule has 6 rings (SSSR count). The van der Waals surface area contributed by atoms with E-state index in [0.29, 0.717) is 11.6 Å². The molecular weight excluding hydrogens is 414 g/mol. The zero-order valence-electron chi connectivity index (χ0n) is 16.6. The van der Waals surface area contributed by atoms with Crippen molar-refractivity contribution in [2.75, 3.05) is 10.2 Å². The Morgan fingerprint density at radius 3 is 2.71 bits per heavy atom. The van der Waals surface area contributed by atoms with E-state index in [-0.39, 0.29) is 0 Å². The fourth-order valence-corrected chi connectivity index (χ4v) is 4.30. The number of pyridine rings is 1. The van der Waals surface area contributed by atoms with Crippen molar-refractivity contribution < 1.29 is 9.78 Å². The van der Waals surface area contributed by atoms with Crippen LogP contribution in [0, 0.1) is 0 Å². The summed E-state index contributed by atoms with van der Waals surface area (Å²) in [6.45, 7) is 0.533. The van der Waals surface area contributed by atoms with Crippen molar-refractivity contribution in [2.45, 2.75) is 12.5 Å². The van der Waals surface area contributed by atoms with Crippen LogP contribution in [-0.2, 0) is 29.3 Å². The molecule has 154 valence electrons. The molecule has 1 fully saturated rings. The Morgan fingerprint density at radius 1 is 1.06 bits per heavy atom. The van der Waals surface area contributed by atoms with Crippen molar-refractivity contribution in [1.82, 2.24) is 14.8 Å². The first kappa shape index (κ1) is 18.4. The molecule has 0 unspecified atom stereocenters. The molecule has 0 radical (unpaired) electrons. The van der Waals surface area contributed by atoms with Crippen LogP contribution in [0.15, 0.2) is 73.1 Å². The quantitative estimate of drug-likeness (QED) is 0.364. The van der Waals surface area contributed by atoms with E-state index in [4.69, 9.17) is 21.4 Å². The minimum absolute atomic E-state index is 0.533. The van der Waals surface area contributed by atoms with Crippen LogP contribution in [0.2, 0.25) is 5.02 Å². The van der Waals surface area contributed by atoms with Crippen molar-refractivity contribution in [2.24, 2.45) is 7.05 Å². The maximum Gasteiger partial charge on any atom is 0.339 e. The average Bonchev–Trinajstić information content (AvgIpc) is 3.49. The van der Waals surface area contributed by atoms with Gasteiger partial charge in [0.2, 0.25) is 0 Å². The molecule has 0 amide bonds. The number of benzene rings is 2. The van der Waals surface area contributed by atoms with Gasteiger partial charge in [-0.05, 0) is 36.4 Å². The third-order valence-electron chi connectivity index (χ3n) is 5.58. The van der Waals surface area contributed by atoms with Gasteiger partial charge in [-0.3, -0.25) is 4.68 Å². The number of hydrogen-bond donors (Lipinski definition) is 1. The Labute approximate surface area is 183 Å². The molecule has 0 saturated carbocycles. The summed E-state index contributed by atoms with van der Waals surface area (Å²) in [7, 11) is 1.89. The number of fused-ring (bicyclic) bond motifs is 2. The van der Waals surface area contributed by atoms with Gasteiger partial charge < -0.3 is 10.2 Å². The predicted octanol–water partition coefficient (Wildman–Crippen LogP) is 4.97. The minimum atomic E-state index is -1.12. The highest BCUT2D eigenvalue weighted by Gasteiger charge is 2.58. The Hall–Kier alpha value is -3.39. The molecule has 0 atom stereocenters. The van der Waals surface area contributed by atoms with Crippen molar-refractivity contribution in [3.05, 3.63) is 89.2 Å². The first-order valence-electron chi connectivity index (χ1n) is 9.88. The van der Waals surface area contributed by atoms with E-state index >= 15 is 0 Å². The minimum Gasteiger partial charge on any atom is -0.338 e. The standard InChI is InChI=1S/C23H18ClN5O2/c1-28-12-10-19(27-28)15-8-9-17(18(24)13-15)23(30-31-23)29-14-16-5-4-11-25-22(16)26-20-6-2-3-7-21(20)29/h2-13H,14H2,1H3,(H,25,26). The van der Waals surface area contributed by atoms with Gasteiger partial charge in [0.05, 0.1) is 34.2 Å². The number of nitrogens with zero attached hydrogens (tertiary/aromatic N) is 4. The molecule has 1 saturated heterocycles. The monoisotopic (exact) mass is 431 g/mol. The second-order valence-electron chi connectivity index (χ2n) is 7.56. The first-order valence-corrected chi connectivity index (χ1v) is 10.3. The largest absolute Gasteiger partial charge is 0.339 e. The van der Waals surface area contributed by atoms with Crippen LogP contribution < -0.4 is 10.2 Å². The fourth-order valence-electron chi connectivity index (χ4n) is 4.00. The smallest absolute Gasteiger partial charge is 0.338 e. The summed E-state index contributed by atoms with van der Waals surface area (Å²) in [4.78, 5) is 17.9. The molecule has 2 aromatic carbocycles. The van der Waals surface area contributed by atoms with Crippen LogP contribution >= 0.6 is 11.6 Å². The zero-order chi connectivity index (χ0) is 21.0. The van der Waals surface area contributed by atoms with Gasteiger partial charge in [-0.25, -0.2) is 4.98 Å².